The van der Waals surface area contributed by atoms with Gasteiger partial charge in [0.05, 0.1) is 11.7 Å². The van der Waals surface area contributed by atoms with E-state index in [1.165, 1.54) is 17.5 Å². The minimum atomic E-state index is -0.652. The lowest BCUT2D eigenvalue weighted by Crippen LogP contribution is -2.50. The van der Waals surface area contributed by atoms with Crippen molar-refractivity contribution in [2.45, 2.75) is 37.8 Å². The Labute approximate surface area is 138 Å². The number of halogens is 1. The molecule has 1 aromatic carbocycles. The fourth-order valence-electron chi connectivity index (χ4n) is 2.65. The fraction of sp³-hybridized carbons (Fsp3) is 0.375. The predicted molar refractivity (Wildman–Crippen MR) is 87.2 cm³/mol. The third-order valence-electron chi connectivity index (χ3n) is 4.06. The van der Waals surface area contributed by atoms with Crippen LogP contribution in [0.5, 0.6) is 0 Å². The number of rotatable bonds is 4. The van der Waals surface area contributed by atoms with Gasteiger partial charge in [0.15, 0.2) is 0 Å². The number of carbonyl (C=O) groups excluding carboxylic acids is 1. The summed E-state index contributed by atoms with van der Waals surface area (Å²) in [5.41, 5.74) is 0.771. The number of aliphatic hydroxyl groups excluding tert-OH is 1. The van der Waals surface area contributed by atoms with E-state index in [0.29, 0.717) is 14.9 Å². The summed E-state index contributed by atoms with van der Waals surface area (Å²) in [7, 11) is 0. The molecule has 1 aliphatic carbocycles. The minimum absolute atomic E-state index is 0.140. The lowest BCUT2D eigenvalue weighted by atomic mass is 9.72. The Bertz CT molecular complexity index is 678. The highest BCUT2D eigenvalue weighted by atomic mass is 35.5. The molecule has 0 bridgehead atoms. The Kier molecular flexibility index (Phi) is 4.21. The van der Waals surface area contributed by atoms with E-state index in [1.807, 2.05) is 24.3 Å². The molecule has 1 atom stereocenters. The predicted octanol–water partition coefficient (Wildman–Crippen LogP) is 3.66. The average Bonchev–Trinajstić information content (AvgIpc) is 2.94. The Morgan fingerprint density at radius 3 is 2.59 bits per heavy atom. The minimum Gasteiger partial charge on any atom is -0.386 e. The molecule has 1 aliphatic rings. The zero-order valence-corrected chi connectivity index (χ0v) is 13.7. The number of hydrogen-bond donors (Lipinski definition) is 2. The summed E-state index contributed by atoms with van der Waals surface area (Å²) in [5, 5.41) is 13.9. The lowest BCUT2D eigenvalue weighted by Gasteiger charge is -2.43. The first kappa shape index (κ1) is 15.5. The molecule has 0 unspecified atom stereocenters. The molecule has 1 aromatic heterocycles. The van der Waals surface area contributed by atoms with Crippen molar-refractivity contribution in [1.82, 2.24) is 10.3 Å². The smallest absolute Gasteiger partial charge is 0.263 e. The van der Waals surface area contributed by atoms with Crippen molar-refractivity contribution in [3.05, 3.63) is 50.9 Å². The molecule has 0 radical (unpaired) electrons. The van der Waals surface area contributed by atoms with Crippen molar-refractivity contribution in [3.63, 3.8) is 0 Å². The summed E-state index contributed by atoms with van der Waals surface area (Å²) in [6.45, 7) is 1.64. The van der Waals surface area contributed by atoms with Crippen LogP contribution in [-0.2, 0) is 5.54 Å². The molecule has 3 rings (SSSR count). The number of thiazole rings is 1. The Balaban J connectivity index is 1.80. The van der Waals surface area contributed by atoms with Gasteiger partial charge in [0, 0.05) is 5.02 Å². The number of nitrogens with one attached hydrogen (secondary N) is 1. The van der Waals surface area contributed by atoms with Crippen LogP contribution >= 0.6 is 22.9 Å². The zero-order valence-electron chi connectivity index (χ0n) is 12.2. The number of hydrogen-bond acceptors (Lipinski definition) is 4. The van der Waals surface area contributed by atoms with Gasteiger partial charge in [-0.3, -0.25) is 4.79 Å². The van der Waals surface area contributed by atoms with Crippen LogP contribution in [0.4, 0.5) is 0 Å². The van der Waals surface area contributed by atoms with Crippen LogP contribution in [0.15, 0.2) is 30.5 Å². The van der Waals surface area contributed by atoms with Crippen molar-refractivity contribution in [2.75, 3.05) is 0 Å². The fourth-order valence-corrected chi connectivity index (χ4v) is 3.53. The van der Waals surface area contributed by atoms with Crippen molar-refractivity contribution in [2.24, 2.45) is 0 Å². The van der Waals surface area contributed by atoms with Gasteiger partial charge in [-0.2, -0.15) is 0 Å². The summed E-state index contributed by atoms with van der Waals surface area (Å²) in [4.78, 5) is 17.1. The molecule has 22 heavy (non-hydrogen) atoms. The van der Waals surface area contributed by atoms with E-state index in [-0.39, 0.29) is 11.4 Å². The highest BCUT2D eigenvalue weighted by Crippen LogP contribution is 2.42. The van der Waals surface area contributed by atoms with Crippen molar-refractivity contribution in [3.8, 4) is 0 Å². The summed E-state index contributed by atoms with van der Waals surface area (Å²) in [6, 6.07) is 7.63. The highest BCUT2D eigenvalue weighted by Gasteiger charge is 2.40. The SMILES string of the molecule is C[C@H](O)c1ncc(C(=O)NC2(c3ccc(Cl)cc3)CCC2)s1. The monoisotopic (exact) mass is 336 g/mol. The maximum atomic E-state index is 12.5. The van der Waals surface area contributed by atoms with E-state index >= 15 is 0 Å². The molecule has 4 nitrogen and oxygen atoms in total. The van der Waals surface area contributed by atoms with Gasteiger partial charge >= 0.3 is 0 Å². The summed E-state index contributed by atoms with van der Waals surface area (Å²) in [6.07, 6.45) is 3.80. The molecule has 1 saturated carbocycles. The normalized spacial score (nSPS) is 17.6. The summed E-state index contributed by atoms with van der Waals surface area (Å²) < 4.78 is 0. The first-order valence-corrected chi connectivity index (χ1v) is 8.42. The standard InChI is InChI=1S/C16H17ClN2O2S/c1-10(20)15-18-9-13(22-15)14(21)19-16(7-2-8-16)11-3-5-12(17)6-4-11/h3-6,9-10,20H,2,7-8H2,1H3,(H,19,21)/t10-/m0/s1. The number of benzene rings is 1. The maximum absolute atomic E-state index is 12.5. The van der Waals surface area contributed by atoms with Gasteiger partial charge in [-0.05, 0) is 43.9 Å². The van der Waals surface area contributed by atoms with Crippen molar-refractivity contribution in [1.29, 1.82) is 0 Å². The average molecular weight is 337 g/mol. The molecule has 1 amide bonds. The molecule has 116 valence electrons. The molecule has 1 heterocycles. The summed E-state index contributed by atoms with van der Waals surface area (Å²) in [5.74, 6) is -0.140. The number of aliphatic hydroxyl groups is 1. The number of amides is 1. The largest absolute Gasteiger partial charge is 0.386 e. The van der Waals surface area contributed by atoms with Crippen LogP contribution in [0.3, 0.4) is 0 Å². The Morgan fingerprint density at radius 2 is 2.09 bits per heavy atom. The van der Waals surface area contributed by atoms with Gasteiger partial charge in [0.2, 0.25) is 0 Å². The van der Waals surface area contributed by atoms with Crippen molar-refractivity contribution >= 4 is 28.8 Å². The van der Waals surface area contributed by atoms with Crippen LogP contribution in [-0.4, -0.2) is 16.0 Å². The number of aromatic nitrogens is 1. The molecule has 0 spiro atoms. The first-order valence-electron chi connectivity index (χ1n) is 7.22. The molecule has 1 fully saturated rings. The molecule has 2 N–H and O–H groups in total. The summed E-state index contributed by atoms with van der Waals surface area (Å²) >= 11 is 7.17. The van der Waals surface area contributed by atoms with E-state index in [4.69, 9.17) is 11.6 Å². The Hall–Kier alpha value is -1.43. The molecule has 6 heteroatoms. The van der Waals surface area contributed by atoms with Crippen LogP contribution in [0, 0.1) is 0 Å². The lowest BCUT2D eigenvalue weighted by molar-refractivity contribution is 0.0827. The van der Waals surface area contributed by atoms with E-state index in [1.54, 1.807) is 6.92 Å². The van der Waals surface area contributed by atoms with Gasteiger partial charge in [-0.15, -0.1) is 11.3 Å². The topological polar surface area (TPSA) is 62.2 Å². The molecule has 0 aliphatic heterocycles. The number of nitrogens with zero attached hydrogens (tertiary/aromatic N) is 1. The first-order chi connectivity index (χ1) is 10.5. The number of carbonyl (C=O) groups is 1. The van der Waals surface area contributed by atoms with Crippen molar-refractivity contribution < 1.29 is 9.90 Å². The van der Waals surface area contributed by atoms with Crippen LogP contribution < -0.4 is 5.32 Å². The zero-order chi connectivity index (χ0) is 15.7. The second kappa shape index (κ2) is 5.99. The van der Waals surface area contributed by atoms with E-state index in [0.717, 1.165) is 24.8 Å². The molecular formula is C16H17ClN2O2S. The van der Waals surface area contributed by atoms with Crippen LogP contribution in [0.1, 0.15) is 52.5 Å². The second-order valence-electron chi connectivity index (χ2n) is 5.64. The van der Waals surface area contributed by atoms with Gasteiger partial charge in [-0.1, -0.05) is 23.7 Å². The van der Waals surface area contributed by atoms with Gasteiger partial charge < -0.3 is 10.4 Å². The molecular weight excluding hydrogens is 320 g/mol. The van der Waals surface area contributed by atoms with Crippen LogP contribution in [0.25, 0.3) is 0 Å². The molecule has 0 saturated heterocycles. The third kappa shape index (κ3) is 2.89. The van der Waals surface area contributed by atoms with Gasteiger partial charge in [0.1, 0.15) is 16.0 Å². The Morgan fingerprint density at radius 1 is 1.41 bits per heavy atom. The van der Waals surface area contributed by atoms with Crippen LogP contribution in [0.2, 0.25) is 5.02 Å². The third-order valence-corrected chi connectivity index (χ3v) is 5.48. The van der Waals surface area contributed by atoms with E-state index in [9.17, 15) is 9.90 Å². The van der Waals surface area contributed by atoms with Gasteiger partial charge in [-0.25, -0.2) is 4.98 Å². The molecule has 2 aromatic rings. The van der Waals surface area contributed by atoms with Gasteiger partial charge in [0.25, 0.3) is 5.91 Å². The van der Waals surface area contributed by atoms with E-state index < -0.39 is 6.10 Å². The quantitative estimate of drug-likeness (QED) is 0.895. The maximum Gasteiger partial charge on any atom is 0.263 e. The van der Waals surface area contributed by atoms with E-state index in [2.05, 4.69) is 10.3 Å². The second-order valence-corrected chi connectivity index (χ2v) is 7.13. The highest BCUT2D eigenvalue weighted by molar-refractivity contribution is 7.13.